The van der Waals surface area contributed by atoms with Crippen LogP contribution in [0.2, 0.25) is 0 Å². The van der Waals surface area contributed by atoms with Gasteiger partial charge in [-0.15, -0.1) is 0 Å². The summed E-state index contributed by atoms with van der Waals surface area (Å²) in [6.45, 7) is 6.48. The zero-order chi connectivity index (χ0) is 11.0. The van der Waals surface area contributed by atoms with Crippen LogP contribution in [0.5, 0.6) is 0 Å². The fourth-order valence-corrected chi connectivity index (χ4v) is 3.56. The summed E-state index contributed by atoms with van der Waals surface area (Å²) < 4.78 is 0. The second kappa shape index (κ2) is 4.30. The highest BCUT2D eigenvalue weighted by molar-refractivity contribution is 4.95. The zero-order valence-corrected chi connectivity index (χ0v) is 10.7. The van der Waals surface area contributed by atoms with Crippen LogP contribution in [0.1, 0.15) is 51.9 Å². The molecule has 1 atom stereocenters. The second-order valence-corrected chi connectivity index (χ2v) is 6.49. The smallest absolute Gasteiger partial charge is 0.0181 e. The van der Waals surface area contributed by atoms with Crippen LogP contribution >= 0.6 is 0 Å². The highest BCUT2D eigenvalue weighted by atomic mass is 15.2. The van der Waals surface area contributed by atoms with Gasteiger partial charge in [0, 0.05) is 18.1 Å². The largest absolute Gasteiger partial charge is 0.314 e. The normalized spacial score (nSPS) is 34.7. The molecule has 0 amide bonds. The lowest BCUT2D eigenvalue weighted by Gasteiger charge is -2.35. The van der Waals surface area contributed by atoms with Crippen LogP contribution in [0.25, 0.3) is 0 Å². The van der Waals surface area contributed by atoms with Gasteiger partial charge in [0.1, 0.15) is 0 Å². The Balaban J connectivity index is 1.47. The molecule has 16 heavy (non-hydrogen) atoms. The molecule has 3 rings (SSSR count). The topological polar surface area (TPSA) is 15.3 Å². The van der Waals surface area contributed by atoms with E-state index in [1.54, 1.807) is 0 Å². The van der Waals surface area contributed by atoms with Gasteiger partial charge in [-0.2, -0.15) is 0 Å². The lowest BCUT2D eigenvalue weighted by Crippen LogP contribution is -2.43. The molecule has 2 saturated carbocycles. The minimum atomic E-state index is 0.564. The average Bonchev–Trinajstić information content (AvgIpc) is 2.79. The maximum Gasteiger partial charge on any atom is 0.0181 e. The third-order valence-electron chi connectivity index (χ3n) is 5.00. The van der Waals surface area contributed by atoms with Crippen LogP contribution in [0, 0.1) is 5.92 Å². The van der Waals surface area contributed by atoms with Gasteiger partial charge in [0.05, 0.1) is 0 Å². The van der Waals surface area contributed by atoms with E-state index in [9.17, 15) is 0 Å². The van der Waals surface area contributed by atoms with Crippen molar-refractivity contribution < 1.29 is 0 Å². The Labute approximate surface area is 99.8 Å². The van der Waals surface area contributed by atoms with Gasteiger partial charge in [-0.3, -0.25) is 4.90 Å². The van der Waals surface area contributed by atoms with E-state index in [4.69, 9.17) is 0 Å². The van der Waals surface area contributed by atoms with E-state index in [1.807, 2.05) is 0 Å². The monoisotopic (exact) mass is 222 g/mol. The summed E-state index contributed by atoms with van der Waals surface area (Å²) >= 11 is 0. The Morgan fingerprint density at radius 2 is 1.94 bits per heavy atom. The molecule has 2 aliphatic carbocycles. The van der Waals surface area contributed by atoms with Gasteiger partial charge in [-0.25, -0.2) is 0 Å². The molecule has 1 heterocycles. The summed E-state index contributed by atoms with van der Waals surface area (Å²) in [6.07, 6.45) is 10.1. The number of hydrogen-bond donors (Lipinski definition) is 1. The Bertz CT molecular complexity index is 241. The number of hydrogen-bond acceptors (Lipinski definition) is 2. The highest BCUT2D eigenvalue weighted by Crippen LogP contribution is 2.37. The molecule has 0 aromatic heterocycles. The number of likely N-dealkylation sites (tertiary alicyclic amines) is 1. The van der Waals surface area contributed by atoms with Crippen molar-refractivity contribution in [2.45, 2.75) is 63.5 Å². The molecule has 0 radical (unpaired) electrons. The van der Waals surface area contributed by atoms with Crippen molar-refractivity contribution in [1.29, 1.82) is 0 Å². The van der Waals surface area contributed by atoms with Crippen LogP contribution in [0.3, 0.4) is 0 Å². The van der Waals surface area contributed by atoms with Gasteiger partial charge >= 0.3 is 0 Å². The summed E-state index contributed by atoms with van der Waals surface area (Å²) in [5, 5.41) is 3.70. The lowest BCUT2D eigenvalue weighted by molar-refractivity contribution is 0.136. The maximum atomic E-state index is 3.70. The molecule has 1 saturated heterocycles. The number of nitrogens with zero attached hydrogens (tertiary/aromatic N) is 1. The van der Waals surface area contributed by atoms with Crippen LogP contribution in [-0.4, -0.2) is 36.1 Å². The van der Waals surface area contributed by atoms with Crippen molar-refractivity contribution >= 4 is 0 Å². The van der Waals surface area contributed by atoms with E-state index in [0.29, 0.717) is 5.54 Å². The van der Waals surface area contributed by atoms with Gasteiger partial charge in [-0.05, 0) is 58.0 Å². The first kappa shape index (κ1) is 11.0. The van der Waals surface area contributed by atoms with Gasteiger partial charge in [-0.1, -0.05) is 12.8 Å². The molecule has 1 unspecified atom stereocenters. The first-order chi connectivity index (χ1) is 7.76. The van der Waals surface area contributed by atoms with E-state index in [-0.39, 0.29) is 0 Å². The van der Waals surface area contributed by atoms with E-state index in [0.717, 1.165) is 12.0 Å². The van der Waals surface area contributed by atoms with Crippen LogP contribution in [0.4, 0.5) is 0 Å². The molecule has 2 nitrogen and oxygen atoms in total. The summed E-state index contributed by atoms with van der Waals surface area (Å²) in [5.74, 6) is 0.929. The van der Waals surface area contributed by atoms with Crippen molar-refractivity contribution in [2.24, 2.45) is 5.92 Å². The molecular weight excluding hydrogens is 196 g/mol. The number of nitrogens with one attached hydrogen (secondary N) is 1. The Morgan fingerprint density at radius 3 is 2.62 bits per heavy atom. The number of rotatable bonds is 4. The van der Waals surface area contributed by atoms with Gasteiger partial charge in [0.2, 0.25) is 0 Å². The average molecular weight is 222 g/mol. The zero-order valence-electron chi connectivity index (χ0n) is 10.7. The fourth-order valence-electron chi connectivity index (χ4n) is 3.56. The minimum Gasteiger partial charge on any atom is -0.314 e. The van der Waals surface area contributed by atoms with Crippen molar-refractivity contribution in [1.82, 2.24) is 10.2 Å². The quantitative estimate of drug-likeness (QED) is 0.786. The molecule has 3 fully saturated rings. The molecule has 0 spiro atoms. The van der Waals surface area contributed by atoms with Gasteiger partial charge in [0.25, 0.3) is 0 Å². The van der Waals surface area contributed by atoms with Gasteiger partial charge in [0.15, 0.2) is 0 Å². The fraction of sp³-hybridized carbons (Fsp3) is 1.00. The first-order valence-electron chi connectivity index (χ1n) is 7.25. The highest BCUT2D eigenvalue weighted by Gasteiger charge is 2.38. The maximum absolute atomic E-state index is 3.70. The first-order valence-corrected chi connectivity index (χ1v) is 7.25. The van der Waals surface area contributed by atoms with Gasteiger partial charge < -0.3 is 5.32 Å². The molecular formula is C14H26N2. The summed E-state index contributed by atoms with van der Waals surface area (Å²) in [4.78, 5) is 2.79. The molecule has 3 aliphatic rings. The standard InChI is InChI=1S/C14H26N2/c1-14(7-2-3-8-14)16-9-6-12(11-16)10-15-13-4-5-13/h12-13,15H,2-11H2,1H3. The van der Waals surface area contributed by atoms with Crippen LogP contribution < -0.4 is 5.32 Å². The van der Waals surface area contributed by atoms with Crippen molar-refractivity contribution in [2.75, 3.05) is 19.6 Å². The summed E-state index contributed by atoms with van der Waals surface area (Å²) in [7, 11) is 0. The Kier molecular flexibility index (Phi) is 2.97. The van der Waals surface area contributed by atoms with Crippen molar-refractivity contribution in [3.8, 4) is 0 Å². The molecule has 2 heteroatoms. The SMILES string of the molecule is CC1(N2CCC(CNC3CC3)C2)CCCC1. The summed E-state index contributed by atoms with van der Waals surface area (Å²) in [5.41, 5.74) is 0.564. The summed E-state index contributed by atoms with van der Waals surface area (Å²) in [6, 6.07) is 0.885. The predicted octanol–water partition coefficient (Wildman–Crippen LogP) is 2.39. The molecule has 92 valence electrons. The lowest BCUT2D eigenvalue weighted by atomic mass is 9.98. The molecule has 0 aromatic rings. The van der Waals surface area contributed by atoms with Crippen molar-refractivity contribution in [3.63, 3.8) is 0 Å². The van der Waals surface area contributed by atoms with Crippen molar-refractivity contribution in [3.05, 3.63) is 0 Å². The van der Waals surface area contributed by atoms with Crippen LogP contribution in [0.15, 0.2) is 0 Å². The second-order valence-electron chi connectivity index (χ2n) is 6.49. The van der Waals surface area contributed by atoms with E-state index >= 15 is 0 Å². The molecule has 1 N–H and O–H groups in total. The van der Waals surface area contributed by atoms with E-state index in [2.05, 4.69) is 17.1 Å². The predicted molar refractivity (Wildman–Crippen MR) is 67.6 cm³/mol. The molecule has 0 bridgehead atoms. The van der Waals surface area contributed by atoms with E-state index in [1.165, 1.54) is 64.6 Å². The third kappa shape index (κ3) is 2.28. The Hall–Kier alpha value is -0.0800. The van der Waals surface area contributed by atoms with Crippen LogP contribution in [-0.2, 0) is 0 Å². The third-order valence-corrected chi connectivity index (χ3v) is 5.00. The molecule has 1 aliphatic heterocycles. The Morgan fingerprint density at radius 1 is 1.19 bits per heavy atom. The van der Waals surface area contributed by atoms with E-state index < -0.39 is 0 Å². The minimum absolute atomic E-state index is 0.564. The molecule has 0 aromatic carbocycles.